The van der Waals surface area contributed by atoms with Crippen molar-refractivity contribution in [3.8, 4) is 0 Å². The number of aliphatic hydroxyl groups excluding tert-OH is 1. The summed E-state index contributed by atoms with van der Waals surface area (Å²) in [6.07, 6.45) is -0.259. The van der Waals surface area contributed by atoms with E-state index in [4.69, 9.17) is 4.74 Å². The number of hydrogen-bond acceptors (Lipinski definition) is 5. The number of ether oxygens (including phenoxy) is 1. The molecule has 1 atom stereocenters. The number of methoxy groups -OCH3 is 1. The number of β-amino-alcohol motifs (C(OH)–C–C–N with tert-alkyl or cyclic N) is 1. The fourth-order valence-corrected chi connectivity index (χ4v) is 2.15. The van der Waals surface area contributed by atoms with Gasteiger partial charge in [-0.2, -0.15) is 0 Å². The first-order valence-electron chi connectivity index (χ1n) is 6.58. The minimum atomic E-state index is -0.259. The lowest BCUT2D eigenvalue weighted by Gasteiger charge is -2.31. The molecule has 0 aliphatic carbocycles. The molecular formula is C12H27N3O2. The smallest absolute Gasteiger partial charge is 0.0793 e. The molecule has 0 saturated carbocycles. The molecule has 1 aliphatic heterocycles. The SMILES string of the molecule is CCN(CCOC)CC(O)CN1CCNCC1. The van der Waals surface area contributed by atoms with Crippen molar-refractivity contribution in [1.29, 1.82) is 0 Å². The Kier molecular flexibility index (Phi) is 7.72. The van der Waals surface area contributed by atoms with Crippen molar-refractivity contribution in [1.82, 2.24) is 15.1 Å². The third kappa shape index (κ3) is 6.33. The predicted molar refractivity (Wildman–Crippen MR) is 69.3 cm³/mol. The zero-order valence-corrected chi connectivity index (χ0v) is 11.2. The van der Waals surface area contributed by atoms with Gasteiger partial charge in [0, 0.05) is 52.9 Å². The molecule has 5 heteroatoms. The molecule has 0 spiro atoms. The minimum Gasteiger partial charge on any atom is -0.390 e. The molecule has 0 amide bonds. The molecule has 5 nitrogen and oxygen atoms in total. The van der Waals surface area contributed by atoms with Crippen LogP contribution < -0.4 is 5.32 Å². The van der Waals surface area contributed by atoms with Gasteiger partial charge in [0.05, 0.1) is 12.7 Å². The van der Waals surface area contributed by atoms with E-state index in [2.05, 4.69) is 22.0 Å². The summed E-state index contributed by atoms with van der Waals surface area (Å²) < 4.78 is 5.06. The van der Waals surface area contributed by atoms with Gasteiger partial charge in [-0.05, 0) is 6.54 Å². The van der Waals surface area contributed by atoms with Crippen LogP contribution in [-0.4, -0.2) is 87.1 Å². The van der Waals surface area contributed by atoms with Crippen molar-refractivity contribution < 1.29 is 9.84 Å². The van der Waals surface area contributed by atoms with Gasteiger partial charge in [-0.25, -0.2) is 0 Å². The van der Waals surface area contributed by atoms with Gasteiger partial charge in [0.2, 0.25) is 0 Å². The topological polar surface area (TPSA) is 48.0 Å². The maximum Gasteiger partial charge on any atom is 0.0793 e. The molecule has 0 aromatic heterocycles. The Morgan fingerprint density at radius 2 is 2.12 bits per heavy atom. The van der Waals surface area contributed by atoms with Gasteiger partial charge in [0.1, 0.15) is 0 Å². The van der Waals surface area contributed by atoms with Crippen LogP contribution in [0, 0.1) is 0 Å². The van der Waals surface area contributed by atoms with Gasteiger partial charge in [0.15, 0.2) is 0 Å². The Balaban J connectivity index is 2.18. The van der Waals surface area contributed by atoms with Gasteiger partial charge in [-0.1, -0.05) is 6.92 Å². The third-order valence-electron chi connectivity index (χ3n) is 3.21. The highest BCUT2D eigenvalue weighted by molar-refractivity contribution is 4.73. The number of nitrogens with one attached hydrogen (secondary N) is 1. The molecule has 1 saturated heterocycles. The van der Waals surface area contributed by atoms with Crippen molar-refractivity contribution in [2.24, 2.45) is 0 Å². The molecule has 17 heavy (non-hydrogen) atoms. The van der Waals surface area contributed by atoms with Crippen molar-refractivity contribution in [2.75, 3.05) is 66.1 Å². The Labute approximate surface area is 105 Å². The zero-order chi connectivity index (χ0) is 12.5. The standard InChI is InChI=1S/C12H27N3O2/c1-3-14(8-9-17-2)10-12(16)11-15-6-4-13-5-7-15/h12-13,16H,3-11H2,1-2H3. The maximum absolute atomic E-state index is 10.1. The summed E-state index contributed by atoms with van der Waals surface area (Å²) in [4.78, 5) is 4.56. The first-order chi connectivity index (χ1) is 8.26. The summed E-state index contributed by atoms with van der Waals surface area (Å²) in [6.45, 7) is 10.4. The molecule has 0 radical (unpaired) electrons. The highest BCUT2D eigenvalue weighted by atomic mass is 16.5. The first kappa shape index (κ1) is 14.9. The second-order valence-corrected chi connectivity index (χ2v) is 4.59. The van der Waals surface area contributed by atoms with Crippen LogP contribution in [0.2, 0.25) is 0 Å². The second-order valence-electron chi connectivity index (χ2n) is 4.59. The van der Waals surface area contributed by atoms with Gasteiger partial charge in [-0.15, -0.1) is 0 Å². The van der Waals surface area contributed by atoms with E-state index < -0.39 is 0 Å². The van der Waals surface area contributed by atoms with E-state index in [-0.39, 0.29) is 6.10 Å². The number of piperazine rings is 1. The lowest BCUT2D eigenvalue weighted by Crippen LogP contribution is -2.48. The first-order valence-corrected chi connectivity index (χ1v) is 6.58. The Morgan fingerprint density at radius 3 is 2.71 bits per heavy atom. The number of hydrogen-bond donors (Lipinski definition) is 2. The van der Waals surface area contributed by atoms with Gasteiger partial charge in [-0.3, -0.25) is 9.80 Å². The van der Waals surface area contributed by atoms with Crippen molar-refractivity contribution in [3.63, 3.8) is 0 Å². The Hall–Kier alpha value is -0.200. The summed E-state index contributed by atoms with van der Waals surface area (Å²) in [5.74, 6) is 0. The molecule has 1 unspecified atom stereocenters. The van der Waals surface area contributed by atoms with Crippen LogP contribution in [0.1, 0.15) is 6.92 Å². The van der Waals surface area contributed by atoms with Crippen LogP contribution in [0.5, 0.6) is 0 Å². The van der Waals surface area contributed by atoms with Crippen LogP contribution in [0.15, 0.2) is 0 Å². The lowest BCUT2D eigenvalue weighted by atomic mass is 10.2. The molecule has 0 aromatic carbocycles. The molecule has 1 rings (SSSR count). The number of rotatable bonds is 8. The van der Waals surface area contributed by atoms with Crippen LogP contribution in [0.25, 0.3) is 0 Å². The van der Waals surface area contributed by atoms with Crippen LogP contribution >= 0.6 is 0 Å². The van der Waals surface area contributed by atoms with E-state index >= 15 is 0 Å². The van der Waals surface area contributed by atoms with E-state index in [1.807, 2.05) is 0 Å². The summed E-state index contributed by atoms with van der Waals surface area (Å²) in [7, 11) is 1.71. The van der Waals surface area contributed by atoms with Crippen LogP contribution in [0.4, 0.5) is 0 Å². The number of aliphatic hydroxyl groups is 1. The van der Waals surface area contributed by atoms with E-state index in [9.17, 15) is 5.11 Å². The number of nitrogens with zero attached hydrogens (tertiary/aromatic N) is 2. The van der Waals surface area contributed by atoms with Crippen molar-refractivity contribution in [3.05, 3.63) is 0 Å². The van der Waals surface area contributed by atoms with Crippen molar-refractivity contribution >= 4 is 0 Å². The fourth-order valence-electron chi connectivity index (χ4n) is 2.15. The average Bonchev–Trinajstić information content (AvgIpc) is 2.35. The Bertz CT molecular complexity index is 187. The summed E-state index contributed by atoms with van der Waals surface area (Å²) in [6, 6.07) is 0. The highest BCUT2D eigenvalue weighted by Gasteiger charge is 2.16. The lowest BCUT2D eigenvalue weighted by molar-refractivity contribution is 0.0607. The summed E-state index contributed by atoms with van der Waals surface area (Å²) in [5, 5.41) is 13.4. The Morgan fingerprint density at radius 1 is 1.41 bits per heavy atom. The van der Waals surface area contributed by atoms with Crippen LogP contribution in [0.3, 0.4) is 0 Å². The average molecular weight is 245 g/mol. The highest BCUT2D eigenvalue weighted by Crippen LogP contribution is 1.98. The monoisotopic (exact) mass is 245 g/mol. The van der Waals surface area contributed by atoms with E-state index in [1.165, 1.54) is 0 Å². The van der Waals surface area contributed by atoms with Crippen molar-refractivity contribution in [2.45, 2.75) is 13.0 Å². The van der Waals surface area contributed by atoms with E-state index in [1.54, 1.807) is 7.11 Å². The summed E-state index contributed by atoms with van der Waals surface area (Å²) >= 11 is 0. The molecular weight excluding hydrogens is 218 g/mol. The normalized spacial score (nSPS) is 19.8. The minimum absolute atomic E-state index is 0.259. The molecule has 1 heterocycles. The van der Waals surface area contributed by atoms with E-state index in [0.717, 1.165) is 59.0 Å². The van der Waals surface area contributed by atoms with Crippen LogP contribution in [-0.2, 0) is 4.74 Å². The van der Waals surface area contributed by atoms with Gasteiger partial charge in [0.25, 0.3) is 0 Å². The molecule has 1 fully saturated rings. The largest absolute Gasteiger partial charge is 0.390 e. The quantitative estimate of drug-likeness (QED) is 0.587. The zero-order valence-electron chi connectivity index (χ0n) is 11.2. The van der Waals surface area contributed by atoms with Gasteiger partial charge < -0.3 is 15.2 Å². The predicted octanol–water partition coefficient (Wildman–Crippen LogP) is -0.779. The third-order valence-corrected chi connectivity index (χ3v) is 3.21. The van der Waals surface area contributed by atoms with E-state index in [0.29, 0.717) is 0 Å². The molecule has 0 aromatic rings. The fraction of sp³-hybridized carbons (Fsp3) is 1.00. The van der Waals surface area contributed by atoms with Gasteiger partial charge >= 0.3 is 0 Å². The maximum atomic E-state index is 10.1. The second kappa shape index (κ2) is 8.83. The number of likely N-dealkylation sites (N-methyl/N-ethyl adjacent to an activating group) is 1. The summed E-state index contributed by atoms with van der Waals surface area (Å²) in [5.41, 5.74) is 0. The molecule has 2 N–H and O–H groups in total. The molecule has 102 valence electrons. The molecule has 1 aliphatic rings. The molecule has 0 bridgehead atoms.